The molecule has 3 aromatic rings. The highest BCUT2D eigenvalue weighted by Crippen LogP contribution is 2.26. The predicted molar refractivity (Wildman–Crippen MR) is 137 cm³/mol. The third kappa shape index (κ3) is 5.22. The number of hydrogen-bond acceptors (Lipinski definition) is 6. The van der Waals surface area contributed by atoms with Gasteiger partial charge in [-0.2, -0.15) is 4.31 Å². The maximum Gasteiger partial charge on any atom is 0.254 e. The van der Waals surface area contributed by atoms with Crippen molar-refractivity contribution in [3.8, 4) is 0 Å². The lowest BCUT2D eigenvalue weighted by Crippen LogP contribution is -2.48. The summed E-state index contributed by atoms with van der Waals surface area (Å²) in [6.07, 6.45) is 1.62. The molecular weight excluding hydrogens is 464 g/mol. The van der Waals surface area contributed by atoms with Crippen molar-refractivity contribution in [1.82, 2.24) is 14.2 Å². The van der Waals surface area contributed by atoms with Crippen molar-refractivity contribution in [3.05, 3.63) is 77.2 Å². The van der Waals surface area contributed by atoms with Gasteiger partial charge in [0.25, 0.3) is 5.91 Å². The largest absolute Gasteiger partial charge is 0.378 e. The number of para-hydroxylation sites is 1. The number of nitrogens with zero attached hydrogens (tertiary/aromatic N) is 4. The van der Waals surface area contributed by atoms with Gasteiger partial charge in [0, 0.05) is 50.1 Å². The van der Waals surface area contributed by atoms with Crippen LogP contribution in [0.25, 0.3) is 17.0 Å². The summed E-state index contributed by atoms with van der Waals surface area (Å²) in [6, 6.07) is 18.9. The van der Waals surface area contributed by atoms with E-state index in [1.165, 1.54) is 9.71 Å². The Morgan fingerprint density at radius 2 is 1.57 bits per heavy atom. The zero-order valence-corrected chi connectivity index (χ0v) is 20.2. The number of fused-ring (bicyclic) bond motifs is 1. The fourth-order valence-corrected chi connectivity index (χ4v) is 5.60. The van der Waals surface area contributed by atoms with E-state index >= 15 is 0 Å². The molecule has 0 atom stereocenters. The van der Waals surface area contributed by atoms with Crippen LogP contribution in [0.4, 0.5) is 5.82 Å². The smallest absolute Gasteiger partial charge is 0.254 e. The molecule has 2 saturated heterocycles. The summed E-state index contributed by atoms with van der Waals surface area (Å²) in [5, 5.41) is 2.09. The second kappa shape index (κ2) is 10.2. The molecule has 0 saturated carbocycles. The van der Waals surface area contributed by atoms with Crippen LogP contribution in [0.2, 0.25) is 0 Å². The minimum atomic E-state index is -3.52. The van der Waals surface area contributed by atoms with Gasteiger partial charge in [0.1, 0.15) is 5.82 Å². The average molecular weight is 493 g/mol. The summed E-state index contributed by atoms with van der Waals surface area (Å²) in [5.41, 5.74) is 2.21. The van der Waals surface area contributed by atoms with Gasteiger partial charge < -0.3 is 14.5 Å². The van der Waals surface area contributed by atoms with Crippen LogP contribution in [0.15, 0.2) is 66.1 Å². The van der Waals surface area contributed by atoms with Gasteiger partial charge in [0.15, 0.2) is 0 Å². The first-order valence-corrected chi connectivity index (χ1v) is 13.3. The first-order valence-electron chi connectivity index (χ1n) is 11.8. The molecule has 35 heavy (non-hydrogen) atoms. The number of ether oxygens (including phenoxy) is 1. The summed E-state index contributed by atoms with van der Waals surface area (Å²) >= 11 is 0. The number of carbonyl (C=O) groups excluding carboxylic acids is 1. The number of anilines is 1. The zero-order chi connectivity index (χ0) is 24.3. The lowest BCUT2D eigenvalue weighted by molar-refractivity contribution is 0.0304. The number of sulfonamides is 1. The van der Waals surface area contributed by atoms with E-state index in [4.69, 9.17) is 9.72 Å². The normalized spacial score (nSPS) is 17.8. The van der Waals surface area contributed by atoms with E-state index in [2.05, 4.69) is 4.90 Å². The highest BCUT2D eigenvalue weighted by Gasteiger charge is 2.27. The minimum absolute atomic E-state index is 0.0274. The molecule has 2 aliphatic heterocycles. The number of morpholine rings is 1. The summed E-state index contributed by atoms with van der Waals surface area (Å²) in [4.78, 5) is 22.0. The molecule has 3 heterocycles. The number of carbonyl (C=O) groups is 1. The highest BCUT2D eigenvalue weighted by molar-refractivity contribution is 7.92. The molecule has 0 bridgehead atoms. The maximum absolute atomic E-state index is 13.4. The molecule has 5 rings (SSSR count). The van der Waals surface area contributed by atoms with Crippen LogP contribution < -0.4 is 4.90 Å². The molecule has 1 amide bonds. The molecule has 0 unspecified atom stereocenters. The number of hydrogen-bond donors (Lipinski definition) is 0. The number of rotatable bonds is 5. The number of benzene rings is 2. The predicted octanol–water partition coefficient (Wildman–Crippen LogP) is 2.83. The van der Waals surface area contributed by atoms with Crippen LogP contribution in [-0.2, 0) is 14.8 Å². The lowest BCUT2D eigenvalue weighted by atomic mass is 10.1. The van der Waals surface area contributed by atoms with Gasteiger partial charge in [0.05, 0.1) is 24.3 Å². The Hall–Kier alpha value is -3.27. The van der Waals surface area contributed by atoms with Gasteiger partial charge in [-0.15, -0.1) is 0 Å². The molecule has 2 aromatic carbocycles. The van der Waals surface area contributed by atoms with Crippen LogP contribution in [-0.4, -0.2) is 81.0 Å². The van der Waals surface area contributed by atoms with Crippen LogP contribution in [0.5, 0.6) is 0 Å². The van der Waals surface area contributed by atoms with E-state index in [0.717, 1.165) is 16.5 Å². The van der Waals surface area contributed by atoms with Crippen molar-refractivity contribution in [2.24, 2.45) is 0 Å². The van der Waals surface area contributed by atoms with E-state index in [1.54, 1.807) is 6.08 Å². The molecule has 1 aromatic heterocycles. The van der Waals surface area contributed by atoms with Crippen molar-refractivity contribution < 1.29 is 17.9 Å². The van der Waals surface area contributed by atoms with Gasteiger partial charge in [0.2, 0.25) is 10.0 Å². The Bertz CT molecular complexity index is 1330. The molecule has 0 N–H and O–H groups in total. The van der Waals surface area contributed by atoms with E-state index in [-0.39, 0.29) is 5.91 Å². The molecular formula is C26H28N4O4S. The molecule has 2 fully saturated rings. The fraction of sp³-hybridized carbons (Fsp3) is 0.308. The Balaban J connectivity index is 1.34. The Morgan fingerprint density at radius 1 is 0.886 bits per heavy atom. The van der Waals surface area contributed by atoms with Crippen molar-refractivity contribution in [2.45, 2.75) is 0 Å². The highest BCUT2D eigenvalue weighted by atomic mass is 32.2. The summed E-state index contributed by atoms with van der Waals surface area (Å²) in [5.74, 6) is 0.664. The SMILES string of the molecule is O=C(c1cc(N2CCN(S(=O)(=O)/C=C/c3ccccc3)CC2)nc2ccccc12)N1CCOCC1. The van der Waals surface area contributed by atoms with Gasteiger partial charge in [-0.3, -0.25) is 4.79 Å². The topological polar surface area (TPSA) is 83.1 Å². The first-order chi connectivity index (χ1) is 17.0. The summed E-state index contributed by atoms with van der Waals surface area (Å²) < 4.78 is 32.6. The Morgan fingerprint density at radius 3 is 2.31 bits per heavy atom. The third-order valence-corrected chi connectivity index (χ3v) is 7.95. The quantitative estimate of drug-likeness (QED) is 0.545. The molecule has 2 aliphatic rings. The summed E-state index contributed by atoms with van der Waals surface area (Å²) in [7, 11) is -3.52. The molecule has 0 spiro atoms. The first kappa shape index (κ1) is 23.5. The number of piperazine rings is 1. The van der Waals surface area contributed by atoms with E-state index < -0.39 is 10.0 Å². The van der Waals surface area contributed by atoms with Crippen molar-refractivity contribution in [1.29, 1.82) is 0 Å². The molecule has 9 heteroatoms. The molecule has 0 aliphatic carbocycles. The monoisotopic (exact) mass is 492 g/mol. The van der Waals surface area contributed by atoms with Crippen LogP contribution in [0.1, 0.15) is 15.9 Å². The van der Waals surface area contributed by atoms with Crippen molar-refractivity contribution >= 4 is 38.7 Å². The van der Waals surface area contributed by atoms with E-state index in [9.17, 15) is 13.2 Å². The van der Waals surface area contributed by atoms with Crippen LogP contribution in [0, 0.1) is 0 Å². The molecule has 8 nitrogen and oxygen atoms in total. The lowest BCUT2D eigenvalue weighted by Gasteiger charge is -2.34. The summed E-state index contributed by atoms with van der Waals surface area (Å²) in [6.45, 7) is 3.90. The van der Waals surface area contributed by atoms with Gasteiger partial charge >= 0.3 is 0 Å². The standard InChI is InChI=1S/C26H28N4O4S/c31-26(29-15-17-34-18-16-29)23-20-25(27-24-9-5-4-8-22(23)24)28-11-13-30(14-12-28)35(32,33)19-10-21-6-2-1-3-7-21/h1-10,19-20H,11-18H2/b19-10+. The maximum atomic E-state index is 13.4. The van der Waals surface area contributed by atoms with Crippen LogP contribution in [0.3, 0.4) is 0 Å². The second-order valence-electron chi connectivity index (χ2n) is 8.59. The van der Waals surface area contributed by atoms with Gasteiger partial charge in [-0.25, -0.2) is 13.4 Å². The van der Waals surface area contributed by atoms with E-state index in [1.807, 2.05) is 65.6 Å². The zero-order valence-electron chi connectivity index (χ0n) is 19.4. The number of aromatic nitrogens is 1. The van der Waals surface area contributed by atoms with Crippen molar-refractivity contribution in [3.63, 3.8) is 0 Å². The third-order valence-electron chi connectivity index (χ3n) is 6.39. The van der Waals surface area contributed by atoms with Gasteiger partial charge in [-0.05, 0) is 23.8 Å². The number of pyridine rings is 1. The molecule has 0 radical (unpaired) electrons. The fourth-order valence-electron chi connectivity index (χ4n) is 4.42. The Kier molecular flexibility index (Phi) is 6.81. The minimum Gasteiger partial charge on any atom is -0.378 e. The number of amides is 1. The second-order valence-corrected chi connectivity index (χ2v) is 10.4. The average Bonchev–Trinajstić information content (AvgIpc) is 2.92. The Labute approximate surface area is 205 Å². The van der Waals surface area contributed by atoms with Crippen molar-refractivity contribution in [2.75, 3.05) is 57.4 Å². The van der Waals surface area contributed by atoms with Crippen LogP contribution >= 0.6 is 0 Å². The van der Waals surface area contributed by atoms with Gasteiger partial charge in [-0.1, -0.05) is 48.5 Å². The molecule has 182 valence electrons. The van der Waals surface area contributed by atoms with E-state index in [0.29, 0.717) is 63.9 Å².